The van der Waals surface area contributed by atoms with Crippen LogP contribution in [0.2, 0.25) is 0 Å². The van der Waals surface area contributed by atoms with E-state index in [4.69, 9.17) is 5.26 Å². The molecule has 0 aliphatic carbocycles. The van der Waals surface area contributed by atoms with Crippen LogP contribution >= 0.6 is 0 Å². The smallest absolute Gasteiger partial charge is 0.234 e. The Hall–Kier alpha value is -0.890. The first kappa shape index (κ1) is 14.1. The predicted molar refractivity (Wildman–Crippen MR) is 60.6 cm³/mol. The first-order valence-electron chi connectivity index (χ1n) is 4.78. The molecule has 0 spiro atoms. The average molecular weight is 230 g/mol. The maximum Gasteiger partial charge on any atom is 0.234 e. The van der Waals surface area contributed by atoms with Crippen LogP contribution in [0.5, 0.6) is 0 Å². The molecular weight excluding hydrogens is 212 g/mol. The Balaban J connectivity index is 4.15. The molecule has 1 atom stereocenters. The van der Waals surface area contributed by atoms with E-state index in [0.717, 1.165) is 0 Å². The first-order chi connectivity index (χ1) is 6.79. The SMILES string of the molecule is CN(CCC#N)C(=O)CS(=O)C(C)(C)C. The molecule has 0 saturated heterocycles. The fraction of sp³-hybridized carbons (Fsp3) is 0.800. The summed E-state index contributed by atoms with van der Waals surface area (Å²) in [5.41, 5.74) is 0. The lowest BCUT2D eigenvalue weighted by molar-refractivity contribution is -0.127. The second kappa shape index (κ2) is 5.86. The van der Waals surface area contributed by atoms with Gasteiger partial charge >= 0.3 is 0 Å². The van der Waals surface area contributed by atoms with Gasteiger partial charge in [0.25, 0.3) is 0 Å². The van der Waals surface area contributed by atoms with E-state index < -0.39 is 10.8 Å². The molecule has 0 saturated carbocycles. The van der Waals surface area contributed by atoms with Gasteiger partial charge in [-0.3, -0.25) is 9.00 Å². The molecule has 0 bridgehead atoms. The zero-order chi connectivity index (χ0) is 12.1. The molecule has 86 valence electrons. The molecule has 15 heavy (non-hydrogen) atoms. The number of carbonyl (C=O) groups is 1. The fourth-order valence-corrected chi connectivity index (χ4v) is 1.66. The van der Waals surface area contributed by atoms with Crippen LogP contribution in [-0.2, 0) is 15.6 Å². The minimum absolute atomic E-state index is 0.0332. The van der Waals surface area contributed by atoms with Gasteiger partial charge in [0.1, 0.15) is 5.75 Å². The topological polar surface area (TPSA) is 61.2 Å². The van der Waals surface area contributed by atoms with Crippen molar-refractivity contribution in [3.05, 3.63) is 0 Å². The number of nitrogens with zero attached hydrogens (tertiary/aromatic N) is 2. The van der Waals surface area contributed by atoms with Crippen molar-refractivity contribution in [2.75, 3.05) is 19.3 Å². The van der Waals surface area contributed by atoms with E-state index in [9.17, 15) is 9.00 Å². The molecule has 0 radical (unpaired) electrons. The fourth-order valence-electron chi connectivity index (χ4n) is 0.781. The van der Waals surface area contributed by atoms with Crippen LogP contribution < -0.4 is 0 Å². The quantitative estimate of drug-likeness (QED) is 0.721. The normalized spacial score (nSPS) is 13.0. The molecule has 1 amide bonds. The van der Waals surface area contributed by atoms with Crippen molar-refractivity contribution >= 4 is 16.7 Å². The molecule has 0 heterocycles. The molecule has 0 fully saturated rings. The molecule has 0 aliphatic rings. The number of amides is 1. The second-order valence-electron chi connectivity index (χ2n) is 4.33. The van der Waals surface area contributed by atoms with Gasteiger partial charge in [0.2, 0.25) is 5.91 Å². The lowest BCUT2D eigenvalue weighted by Gasteiger charge is -2.20. The highest BCUT2D eigenvalue weighted by Crippen LogP contribution is 2.11. The summed E-state index contributed by atoms with van der Waals surface area (Å²) in [7, 11) is 0.457. The molecular formula is C10H18N2O2S. The third-order valence-electron chi connectivity index (χ3n) is 1.92. The Morgan fingerprint density at radius 2 is 2.00 bits per heavy atom. The molecule has 0 aromatic heterocycles. The van der Waals surface area contributed by atoms with Gasteiger partial charge in [0.15, 0.2) is 0 Å². The highest BCUT2D eigenvalue weighted by Gasteiger charge is 2.23. The average Bonchev–Trinajstić information content (AvgIpc) is 2.12. The summed E-state index contributed by atoms with van der Waals surface area (Å²) in [4.78, 5) is 13.0. The molecule has 5 heteroatoms. The van der Waals surface area contributed by atoms with Gasteiger partial charge in [-0.15, -0.1) is 0 Å². The Kier molecular flexibility index (Phi) is 5.51. The minimum atomic E-state index is -1.17. The summed E-state index contributed by atoms with van der Waals surface area (Å²) in [5, 5.41) is 8.36. The van der Waals surface area contributed by atoms with E-state index in [-0.39, 0.29) is 16.4 Å². The van der Waals surface area contributed by atoms with Crippen LogP contribution in [0, 0.1) is 11.3 Å². The Labute approximate surface area is 93.7 Å². The number of nitriles is 1. The Morgan fingerprint density at radius 1 is 1.47 bits per heavy atom. The summed E-state index contributed by atoms with van der Waals surface area (Å²) in [6.07, 6.45) is 0.310. The lowest BCUT2D eigenvalue weighted by Crippen LogP contribution is -2.36. The highest BCUT2D eigenvalue weighted by molar-refractivity contribution is 7.87. The highest BCUT2D eigenvalue weighted by atomic mass is 32.2. The zero-order valence-electron chi connectivity index (χ0n) is 9.74. The van der Waals surface area contributed by atoms with Crippen molar-refractivity contribution in [1.29, 1.82) is 5.26 Å². The van der Waals surface area contributed by atoms with E-state index in [0.29, 0.717) is 13.0 Å². The lowest BCUT2D eigenvalue weighted by atomic mass is 10.3. The summed E-state index contributed by atoms with van der Waals surface area (Å²) < 4.78 is 11.3. The Morgan fingerprint density at radius 3 is 2.40 bits per heavy atom. The van der Waals surface area contributed by atoms with E-state index in [1.807, 2.05) is 26.8 Å². The van der Waals surface area contributed by atoms with Gasteiger partial charge in [-0.1, -0.05) is 0 Å². The molecule has 0 rings (SSSR count). The summed E-state index contributed by atoms with van der Waals surface area (Å²) in [6.45, 7) is 5.92. The van der Waals surface area contributed by atoms with Gasteiger partial charge in [0, 0.05) is 29.1 Å². The number of hydrogen-bond acceptors (Lipinski definition) is 3. The standard InChI is InChI=1S/C10H18N2O2S/c1-10(2,3)15(14)8-9(13)12(4)7-5-6-11/h5,7-8H2,1-4H3. The summed E-state index contributed by atoms with van der Waals surface area (Å²) in [5.74, 6) is -0.135. The summed E-state index contributed by atoms with van der Waals surface area (Å²) >= 11 is 0. The second-order valence-corrected chi connectivity index (χ2v) is 6.53. The maximum absolute atomic E-state index is 11.7. The van der Waals surface area contributed by atoms with Crippen LogP contribution in [0.25, 0.3) is 0 Å². The molecule has 4 nitrogen and oxygen atoms in total. The van der Waals surface area contributed by atoms with Crippen LogP contribution in [0.3, 0.4) is 0 Å². The van der Waals surface area contributed by atoms with Crippen molar-refractivity contribution in [1.82, 2.24) is 4.90 Å². The summed E-state index contributed by atoms with van der Waals surface area (Å²) in [6, 6.07) is 1.97. The van der Waals surface area contributed by atoms with Crippen LogP contribution in [-0.4, -0.2) is 39.1 Å². The van der Waals surface area contributed by atoms with Gasteiger partial charge in [-0.2, -0.15) is 5.26 Å². The van der Waals surface area contributed by atoms with Crippen LogP contribution in [0.1, 0.15) is 27.2 Å². The van der Waals surface area contributed by atoms with E-state index in [2.05, 4.69) is 0 Å². The van der Waals surface area contributed by atoms with Crippen molar-refractivity contribution in [2.24, 2.45) is 0 Å². The predicted octanol–water partition coefficient (Wildman–Crippen LogP) is 0.906. The van der Waals surface area contributed by atoms with E-state index in [1.165, 1.54) is 4.90 Å². The monoisotopic (exact) mass is 230 g/mol. The van der Waals surface area contributed by atoms with Gasteiger partial charge in [-0.05, 0) is 20.8 Å². The number of carbonyl (C=O) groups excluding carboxylic acids is 1. The molecule has 0 aromatic rings. The largest absolute Gasteiger partial charge is 0.344 e. The van der Waals surface area contributed by atoms with Gasteiger partial charge in [-0.25, -0.2) is 0 Å². The third kappa shape index (κ3) is 5.53. The third-order valence-corrected chi connectivity index (χ3v) is 3.80. The molecule has 1 unspecified atom stereocenters. The minimum Gasteiger partial charge on any atom is -0.344 e. The molecule has 0 aliphatic heterocycles. The van der Waals surface area contributed by atoms with E-state index >= 15 is 0 Å². The van der Waals surface area contributed by atoms with Crippen LogP contribution in [0.4, 0.5) is 0 Å². The van der Waals surface area contributed by atoms with E-state index in [1.54, 1.807) is 7.05 Å². The Bertz CT molecular complexity index is 289. The maximum atomic E-state index is 11.7. The van der Waals surface area contributed by atoms with Crippen molar-refractivity contribution in [3.8, 4) is 6.07 Å². The van der Waals surface area contributed by atoms with Crippen molar-refractivity contribution in [3.63, 3.8) is 0 Å². The molecule has 0 aromatic carbocycles. The number of rotatable bonds is 4. The zero-order valence-corrected chi connectivity index (χ0v) is 10.6. The van der Waals surface area contributed by atoms with Crippen LogP contribution in [0.15, 0.2) is 0 Å². The number of hydrogen-bond donors (Lipinski definition) is 0. The first-order valence-corrected chi connectivity index (χ1v) is 6.10. The van der Waals surface area contributed by atoms with Gasteiger partial charge in [0.05, 0.1) is 12.5 Å². The van der Waals surface area contributed by atoms with Gasteiger partial charge < -0.3 is 4.90 Å². The molecule has 0 N–H and O–H groups in total. The van der Waals surface area contributed by atoms with Crippen molar-refractivity contribution in [2.45, 2.75) is 31.9 Å². The van der Waals surface area contributed by atoms with Crippen molar-refractivity contribution < 1.29 is 9.00 Å².